The molecule has 0 spiro atoms. The number of thioether (sulfide) groups is 1. The molecule has 0 saturated carbocycles. The summed E-state index contributed by atoms with van der Waals surface area (Å²) >= 11 is 3.18. The number of hydrogen-bond donors (Lipinski definition) is 0. The van der Waals surface area contributed by atoms with Gasteiger partial charge in [-0.1, -0.05) is 51.2 Å². The SMILES string of the molecule is CCN(CC)CCN(C(=O)Cc1ccc(SC(C)C)cc1)c1nc2ccc(F)cc2s1. The maximum atomic E-state index is 13.6. The lowest BCUT2D eigenvalue weighted by Crippen LogP contribution is -2.39. The molecule has 0 unspecified atom stereocenters. The second kappa shape index (κ2) is 11.1. The van der Waals surface area contributed by atoms with Gasteiger partial charge in [0.1, 0.15) is 5.82 Å². The Balaban J connectivity index is 1.81. The van der Waals surface area contributed by atoms with Gasteiger partial charge in [0.15, 0.2) is 5.13 Å². The fraction of sp³-hybridized carbons (Fsp3) is 0.417. The van der Waals surface area contributed by atoms with E-state index in [1.54, 1.807) is 11.0 Å². The van der Waals surface area contributed by atoms with Gasteiger partial charge in [0.25, 0.3) is 0 Å². The zero-order chi connectivity index (χ0) is 22.4. The zero-order valence-corrected chi connectivity index (χ0v) is 20.2. The predicted molar refractivity (Wildman–Crippen MR) is 131 cm³/mol. The van der Waals surface area contributed by atoms with Crippen molar-refractivity contribution < 1.29 is 9.18 Å². The molecule has 0 aliphatic carbocycles. The van der Waals surface area contributed by atoms with Crippen molar-refractivity contribution in [3.05, 3.63) is 53.8 Å². The van der Waals surface area contributed by atoms with Crippen LogP contribution in [0.4, 0.5) is 9.52 Å². The van der Waals surface area contributed by atoms with E-state index in [0.29, 0.717) is 23.3 Å². The second-order valence-electron chi connectivity index (χ2n) is 7.67. The van der Waals surface area contributed by atoms with Crippen molar-refractivity contribution in [1.82, 2.24) is 9.88 Å². The van der Waals surface area contributed by atoms with Crippen molar-refractivity contribution >= 4 is 44.4 Å². The summed E-state index contributed by atoms with van der Waals surface area (Å²) < 4.78 is 14.4. The quantitative estimate of drug-likeness (QED) is 0.356. The first kappa shape index (κ1) is 23.7. The molecule has 0 bridgehead atoms. The van der Waals surface area contributed by atoms with Gasteiger partial charge in [0.05, 0.1) is 16.6 Å². The van der Waals surface area contributed by atoms with Gasteiger partial charge in [0.2, 0.25) is 5.91 Å². The van der Waals surface area contributed by atoms with Crippen molar-refractivity contribution in [1.29, 1.82) is 0 Å². The predicted octanol–water partition coefficient (Wildman–Crippen LogP) is 5.85. The van der Waals surface area contributed by atoms with Crippen molar-refractivity contribution in [2.75, 3.05) is 31.1 Å². The molecule has 0 radical (unpaired) electrons. The molecular formula is C24H30FN3OS2. The van der Waals surface area contributed by atoms with E-state index in [4.69, 9.17) is 0 Å². The van der Waals surface area contributed by atoms with Crippen LogP contribution in [-0.4, -0.2) is 47.2 Å². The number of aromatic nitrogens is 1. The fourth-order valence-corrected chi connectivity index (χ4v) is 5.21. The van der Waals surface area contributed by atoms with Gasteiger partial charge >= 0.3 is 0 Å². The molecule has 4 nitrogen and oxygen atoms in total. The highest BCUT2D eigenvalue weighted by Crippen LogP contribution is 2.30. The number of anilines is 1. The molecule has 0 saturated heterocycles. The highest BCUT2D eigenvalue weighted by atomic mass is 32.2. The Kier molecular flexibility index (Phi) is 8.46. The number of nitrogens with zero attached hydrogens (tertiary/aromatic N) is 3. The zero-order valence-electron chi connectivity index (χ0n) is 18.6. The number of thiazole rings is 1. The summed E-state index contributed by atoms with van der Waals surface area (Å²) in [6.45, 7) is 11.8. The lowest BCUT2D eigenvalue weighted by Gasteiger charge is -2.24. The number of fused-ring (bicyclic) bond motifs is 1. The largest absolute Gasteiger partial charge is 0.302 e. The molecule has 31 heavy (non-hydrogen) atoms. The third-order valence-corrected chi connectivity index (χ3v) is 7.11. The molecule has 1 amide bonds. The molecular weight excluding hydrogens is 429 g/mol. The van der Waals surface area contributed by atoms with E-state index >= 15 is 0 Å². The number of hydrogen-bond acceptors (Lipinski definition) is 5. The van der Waals surface area contributed by atoms with Gasteiger partial charge in [-0.2, -0.15) is 0 Å². The Morgan fingerprint density at radius 1 is 1.10 bits per heavy atom. The van der Waals surface area contributed by atoms with E-state index in [2.05, 4.69) is 49.7 Å². The van der Waals surface area contributed by atoms with E-state index in [1.165, 1.54) is 28.4 Å². The maximum Gasteiger partial charge on any atom is 0.233 e. The summed E-state index contributed by atoms with van der Waals surface area (Å²) in [4.78, 5) is 23.2. The molecule has 0 aliphatic heterocycles. The van der Waals surface area contributed by atoms with E-state index in [0.717, 1.165) is 35.4 Å². The molecule has 3 aromatic rings. The minimum absolute atomic E-state index is 0.0101. The highest BCUT2D eigenvalue weighted by Gasteiger charge is 2.21. The van der Waals surface area contributed by atoms with Crippen molar-refractivity contribution in [2.24, 2.45) is 0 Å². The monoisotopic (exact) mass is 459 g/mol. The van der Waals surface area contributed by atoms with Gasteiger partial charge < -0.3 is 4.90 Å². The Bertz CT molecular complexity index is 1000. The number of benzene rings is 2. The minimum Gasteiger partial charge on any atom is -0.302 e. The van der Waals surface area contributed by atoms with Crippen molar-refractivity contribution in [3.8, 4) is 0 Å². The van der Waals surface area contributed by atoms with Crippen LogP contribution >= 0.6 is 23.1 Å². The van der Waals surface area contributed by atoms with Gasteiger partial charge in [-0.15, -0.1) is 11.8 Å². The molecule has 1 heterocycles. The average Bonchev–Trinajstić information content (AvgIpc) is 3.15. The third kappa shape index (κ3) is 6.51. The lowest BCUT2D eigenvalue weighted by atomic mass is 10.1. The summed E-state index contributed by atoms with van der Waals surface area (Å²) in [6.07, 6.45) is 0.315. The number of rotatable bonds is 10. The van der Waals surface area contributed by atoms with Gasteiger partial charge in [0, 0.05) is 23.2 Å². The minimum atomic E-state index is -0.289. The van der Waals surface area contributed by atoms with Crippen LogP contribution in [0.25, 0.3) is 10.2 Å². The summed E-state index contributed by atoms with van der Waals surface area (Å²) in [5, 5.41) is 1.15. The maximum absolute atomic E-state index is 13.6. The molecule has 0 fully saturated rings. The van der Waals surface area contributed by atoms with Gasteiger partial charge in [-0.05, 0) is 49.0 Å². The highest BCUT2D eigenvalue weighted by molar-refractivity contribution is 7.99. The van der Waals surface area contributed by atoms with Crippen LogP contribution in [0.2, 0.25) is 0 Å². The number of likely N-dealkylation sites (N-methyl/N-ethyl adjacent to an activating group) is 1. The van der Waals surface area contributed by atoms with Crippen LogP contribution in [-0.2, 0) is 11.2 Å². The standard InChI is InChI=1S/C24H30FN3OS2/c1-5-27(6-2)13-14-28(24-26-21-12-9-19(25)16-22(21)31-24)23(29)15-18-7-10-20(11-8-18)30-17(3)4/h7-12,16-17H,5-6,13-15H2,1-4H3. The molecule has 0 aliphatic rings. The summed E-state index contributed by atoms with van der Waals surface area (Å²) in [5.41, 5.74) is 1.70. The summed E-state index contributed by atoms with van der Waals surface area (Å²) in [7, 11) is 0. The van der Waals surface area contributed by atoms with Gasteiger partial charge in [-0.25, -0.2) is 9.37 Å². The van der Waals surface area contributed by atoms with Crippen molar-refractivity contribution in [3.63, 3.8) is 0 Å². The third-order valence-electron chi connectivity index (χ3n) is 5.06. The number of amides is 1. The molecule has 166 valence electrons. The number of carbonyl (C=O) groups is 1. The molecule has 1 aromatic heterocycles. The van der Waals surface area contributed by atoms with E-state index < -0.39 is 0 Å². The van der Waals surface area contributed by atoms with Crippen molar-refractivity contribution in [2.45, 2.75) is 44.3 Å². The van der Waals surface area contributed by atoms with Crippen LogP contribution in [0.15, 0.2) is 47.4 Å². The van der Waals surface area contributed by atoms with E-state index in [-0.39, 0.29) is 11.7 Å². The van der Waals surface area contributed by atoms with E-state index in [9.17, 15) is 9.18 Å². The van der Waals surface area contributed by atoms with Crippen LogP contribution in [0, 0.1) is 5.82 Å². The normalized spacial score (nSPS) is 11.6. The van der Waals surface area contributed by atoms with Crippen LogP contribution in [0.5, 0.6) is 0 Å². The topological polar surface area (TPSA) is 36.4 Å². The average molecular weight is 460 g/mol. The first-order valence-corrected chi connectivity index (χ1v) is 12.4. The Morgan fingerprint density at radius 2 is 1.81 bits per heavy atom. The second-order valence-corrected chi connectivity index (χ2v) is 10.3. The van der Waals surface area contributed by atoms with Gasteiger partial charge in [-0.3, -0.25) is 9.69 Å². The molecule has 2 aromatic carbocycles. The smallest absolute Gasteiger partial charge is 0.233 e. The summed E-state index contributed by atoms with van der Waals surface area (Å²) in [5.74, 6) is -0.279. The molecule has 0 N–H and O–H groups in total. The van der Waals surface area contributed by atoms with Crippen LogP contribution in [0.3, 0.4) is 0 Å². The lowest BCUT2D eigenvalue weighted by molar-refractivity contribution is -0.118. The number of halogens is 1. The Labute approximate surface area is 192 Å². The van der Waals surface area contributed by atoms with Crippen LogP contribution < -0.4 is 4.90 Å². The molecule has 0 atom stereocenters. The Hall–Kier alpha value is -1.96. The first-order chi connectivity index (χ1) is 14.9. The summed E-state index contributed by atoms with van der Waals surface area (Å²) in [6, 6.07) is 12.8. The van der Waals surface area contributed by atoms with Crippen LogP contribution in [0.1, 0.15) is 33.3 Å². The molecule has 7 heteroatoms. The molecule has 3 rings (SSSR count). The van der Waals surface area contributed by atoms with E-state index in [1.807, 2.05) is 23.9 Å². The number of carbonyl (C=O) groups excluding carboxylic acids is 1. The first-order valence-electron chi connectivity index (χ1n) is 10.7. The fourth-order valence-electron chi connectivity index (χ4n) is 3.34. The Morgan fingerprint density at radius 3 is 2.45 bits per heavy atom.